The predicted molar refractivity (Wildman–Crippen MR) is 66.1 cm³/mol. The summed E-state index contributed by atoms with van der Waals surface area (Å²) in [4.78, 5) is 10.4. The first kappa shape index (κ1) is 16.9. The highest BCUT2D eigenvalue weighted by atomic mass is 16.4. The molecule has 1 atom stereocenters. The smallest absolute Gasteiger partial charge is 0.306 e. The highest BCUT2D eigenvalue weighted by Crippen LogP contribution is 2.11. The molecule has 0 saturated heterocycles. The largest absolute Gasteiger partial charge is 0.481 e. The van der Waals surface area contributed by atoms with E-state index in [1.54, 1.807) is 0 Å². The summed E-state index contributed by atoms with van der Waals surface area (Å²) in [5, 5.41) is 8.60. The molecule has 0 aliphatic heterocycles. The SMILES string of the molecule is CCCCC.CCCCC(CC)C(=O)O. The lowest BCUT2D eigenvalue weighted by atomic mass is 10.00. The van der Waals surface area contributed by atoms with E-state index in [-0.39, 0.29) is 5.92 Å². The maximum Gasteiger partial charge on any atom is 0.306 e. The molecule has 0 bridgehead atoms. The minimum Gasteiger partial charge on any atom is -0.481 e. The molecule has 0 aliphatic carbocycles. The first-order valence-electron chi connectivity index (χ1n) is 6.36. The zero-order valence-corrected chi connectivity index (χ0v) is 10.9. The first-order valence-corrected chi connectivity index (χ1v) is 6.36. The average molecular weight is 216 g/mol. The summed E-state index contributed by atoms with van der Waals surface area (Å²) >= 11 is 0. The standard InChI is InChI=1S/C8H16O2.C5H12/c1-3-5-6-7(4-2)8(9)10;1-3-5-4-2/h7H,3-6H2,1-2H3,(H,9,10);3-5H2,1-2H3. The fourth-order valence-corrected chi connectivity index (χ4v) is 1.31. The van der Waals surface area contributed by atoms with Crippen LogP contribution in [0.2, 0.25) is 0 Å². The van der Waals surface area contributed by atoms with Crippen LogP contribution >= 0.6 is 0 Å². The average Bonchev–Trinajstić information content (AvgIpc) is 2.20. The fourth-order valence-electron chi connectivity index (χ4n) is 1.31. The highest BCUT2D eigenvalue weighted by molar-refractivity contribution is 5.69. The van der Waals surface area contributed by atoms with Gasteiger partial charge in [0.15, 0.2) is 0 Å². The van der Waals surface area contributed by atoms with Crippen LogP contribution < -0.4 is 0 Å². The van der Waals surface area contributed by atoms with Crippen molar-refractivity contribution >= 4 is 5.97 Å². The summed E-state index contributed by atoms with van der Waals surface area (Å²) in [7, 11) is 0. The van der Waals surface area contributed by atoms with E-state index in [2.05, 4.69) is 20.8 Å². The lowest BCUT2D eigenvalue weighted by Crippen LogP contribution is -2.11. The molecule has 0 heterocycles. The molecular formula is C13H28O2. The molecule has 92 valence electrons. The van der Waals surface area contributed by atoms with Crippen molar-refractivity contribution in [3.05, 3.63) is 0 Å². The highest BCUT2D eigenvalue weighted by Gasteiger charge is 2.12. The van der Waals surface area contributed by atoms with Crippen LogP contribution in [0.25, 0.3) is 0 Å². The molecule has 0 rings (SSSR count). The van der Waals surface area contributed by atoms with Crippen LogP contribution in [-0.2, 0) is 4.79 Å². The quantitative estimate of drug-likeness (QED) is 0.681. The maximum absolute atomic E-state index is 10.4. The number of carboxylic acid groups (broad SMARTS) is 1. The van der Waals surface area contributed by atoms with Gasteiger partial charge < -0.3 is 5.11 Å². The molecule has 0 aliphatic rings. The molecule has 15 heavy (non-hydrogen) atoms. The molecule has 1 N–H and O–H groups in total. The van der Waals surface area contributed by atoms with Crippen LogP contribution in [0, 0.1) is 5.92 Å². The molecule has 0 radical (unpaired) electrons. The van der Waals surface area contributed by atoms with Crippen molar-refractivity contribution in [3.8, 4) is 0 Å². The Morgan fingerprint density at radius 1 is 1.00 bits per heavy atom. The summed E-state index contributed by atoms with van der Waals surface area (Å²) in [5.74, 6) is -0.754. The number of carboxylic acids is 1. The Hall–Kier alpha value is -0.530. The van der Waals surface area contributed by atoms with Crippen LogP contribution in [0.15, 0.2) is 0 Å². The van der Waals surface area contributed by atoms with Gasteiger partial charge in [-0.15, -0.1) is 0 Å². The van der Waals surface area contributed by atoms with Crippen molar-refractivity contribution in [2.75, 3.05) is 0 Å². The molecule has 0 fully saturated rings. The zero-order valence-electron chi connectivity index (χ0n) is 10.9. The van der Waals surface area contributed by atoms with Gasteiger partial charge in [-0.3, -0.25) is 4.79 Å². The maximum atomic E-state index is 10.4. The Labute approximate surface area is 95.1 Å². The van der Waals surface area contributed by atoms with Gasteiger partial charge in [-0.2, -0.15) is 0 Å². The summed E-state index contributed by atoms with van der Waals surface area (Å²) in [6.45, 7) is 8.43. The molecule has 0 amide bonds. The molecule has 0 aromatic heterocycles. The van der Waals surface area contributed by atoms with Crippen molar-refractivity contribution < 1.29 is 9.90 Å². The second-order valence-electron chi connectivity index (χ2n) is 3.94. The third-order valence-corrected chi connectivity index (χ3v) is 2.46. The molecule has 0 aromatic carbocycles. The van der Waals surface area contributed by atoms with Gasteiger partial charge in [-0.05, 0) is 12.8 Å². The van der Waals surface area contributed by atoms with Crippen molar-refractivity contribution in [1.29, 1.82) is 0 Å². The molecular weight excluding hydrogens is 188 g/mol. The lowest BCUT2D eigenvalue weighted by molar-refractivity contribution is -0.142. The van der Waals surface area contributed by atoms with Gasteiger partial charge in [-0.25, -0.2) is 0 Å². The van der Waals surface area contributed by atoms with E-state index in [1.807, 2.05) is 6.92 Å². The Kier molecular flexibility index (Phi) is 15.2. The number of rotatable bonds is 7. The van der Waals surface area contributed by atoms with E-state index >= 15 is 0 Å². The van der Waals surface area contributed by atoms with Gasteiger partial charge >= 0.3 is 5.97 Å². The van der Waals surface area contributed by atoms with Crippen molar-refractivity contribution in [3.63, 3.8) is 0 Å². The second-order valence-corrected chi connectivity index (χ2v) is 3.94. The summed E-state index contributed by atoms with van der Waals surface area (Å²) in [6, 6.07) is 0. The third kappa shape index (κ3) is 13.5. The van der Waals surface area contributed by atoms with E-state index in [0.29, 0.717) is 0 Å². The van der Waals surface area contributed by atoms with Crippen LogP contribution in [0.5, 0.6) is 0 Å². The Balaban J connectivity index is 0. The number of hydrogen-bond donors (Lipinski definition) is 1. The van der Waals surface area contributed by atoms with Gasteiger partial charge in [0.1, 0.15) is 0 Å². The van der Waals surface area contributed by atoms with Crippen LogP contribution in [0.3, 0.4) is 0 Å². The number of carbonyl (C=O) groups is 1. The number of hydrogen-bond acceptors (Lipinski definition) is 1. The van der Waals surface area contributed by atoms with Gasteiger partial charge in [0, 0.05) is 0 Å². The van der Waals surface area contributed by atoms with Gasteiger partial charge in [0.2, 0.25) is 0 Å². The van der Waals surface area contributed by atoms with Crippen molar-refractivity contribution in [2.24, 2.45) is 5.92 Å². The Morgan fingerprint density at radius 2 is 1.47 bits per heavy atom. The summed E-state index contributed by atoms with van der Waals surface area (Å²) < 4.78 is 0. The molecule has 0 aromatic rings. The molecule has 0 saturated carbocycles. The van der Waals surface area contributed by atoms with Crippen LogP contribution in [0.1, 0.15) is 72.6 Å². The predicted octanol–water partition coefficient (Wildman–Crippen LogP) is 4.48. The van der Waals surface area contributed by atoms with E-state index < -0.39 is 5.97 Å². The zero-order chi connectivity index (χ0) is 12.1. The Bertz CT molecular complexity index is 130. The van der Waals surface area contributed by atoms with E-state index in [9.17, 15) is 4.79 Å². The normalized spacial score (nSPS) is 11.5. The van der Waals surface area contributed by atoms with E-state index in [0.717, 1.165) is 25.7 Å². The lowest BCUT2D eigenvalue weighted by Gasteiger charge is -2.06. The van der Waals surface area contributed by atoms with E-state index in [1.165, 1.54) is 19.3 Å². The second kappa shape index (κ2) is 13.5. The molecule has 2 heteroatoms. The fraction of sp³-hybridized carbons (Fsp3) is 0.923. The monoisotopic (exact) mass is 216 g/mol. The molecule has 1 unspecified atom stereocenters. The van der Waals surface area contributed by atoms with E-state index in [4.69, 9.17) is 5.11 Å². The number of aliphatic carboxylic acids is 1. The van der Waals surface area contributed by atoms with Gasteiger partial charge in [0.05, 0.1) is 5.92 Å². The first-order chi connectivity index (χ1) is 7.13. The van der Waals surface area contributed by atoms with Gasteiger partial charge in [-0.1, -0.05) is 59.8 Å². The summed E-state index contributed by atoms with van der Waals surface area (Å²) in [6.07, 6.45) is 7.79. The Morgan fingerprint density at radius 3 is 1.67 bits per heavy atom. The summed E-state index contributed by atoms with van der Waals surface area (Å²) in [5.41, 5.74) is 0. The topological polar surface area (TPSA) is 37.3 Å². The molecule has 2 nitrogen and oxygen atoms in total. The van der Waals surface area contributed by atoms with Crippen molar-refractivity contribution in [1.82, 2.24) is 0 Å². The molecule has 0 spiro atoms. The van der Waals surface area contributed by atoms with Crippen LogP contribution in [-0.4, -0.2) is 11.1 Å². The minimum absolute atomic E-state index is 0.111. The van der Waals surface area contributed by atoms with Gasteiger partial charge in [0.25, 0.3) is 0 Å². The minimum atomic E-state index is -0.643. The van der Waals surface area contributed by atoms with Crippen LogP contribution in [0.4, 0.5) is 0 Å². The number of unbranched alkanes of at least 4 members (excludes halogenated alkanes) is 3. The van der Waals surface area contributed by atoms with Crippen molar-refractivity contribution in [2.45, 2.75) is 72.6 Å². The third-order valence-electron chi connectivity index (χ3n) is 2.46.